The fourth-order valence-corrected chi connectivity index (χ4v) is 3.46. The van der Waals surface area contributed by atoms with Crippen molar-refractivity contribution in [2.75, 3.05) is 5.32 Å². The molecule has 0 atom stereocenters. The minimum absolute atomic E-state index is 0.589. The van der Waals surface area contributed by atoms with Crippen molar-refractivity contribution in [2.45, 2.75) is 6.92 Å². The zero-order valence-corrected chi connectivity index (χ0v) is 14.6. The van der Waals surface area contributed by atoms with Crippen LogP contribution in [0.5, 0.6) is 0 Å². The van der Waals surface area contributed by atoms with E-state index in [0.29, 0.717) is 16.5 Å². The standard InChI is InChI=1S/C18H13N7S/c1-11-22-9-14(23-11)17-16(13-4-2-3-12(7-13)8-19)25-18(26-17)24-15-10-20-5-6-21-15/h2-7,9-10H,1H3,(H,22,23)(H,21,24,25). The van der Waals surface area contributed by atoms with E-state index in [1.807, 2.05) is 25.1 Å². The first-order chi connectivity index (χ1) is 12.7. The van der Waals surface area contributed by atoms with Crippen LogP contribution in [-0.2, 0) is 0 Å². The van der Waals surface area contributed by atoms with Gasteiger partial charge in [-0.15, -0.1) is 0 Å². The van der Waals surface area contributed by atoms with Crippen molar-refractivity contribution in [1.29, 1.82) is 5.26 Å². The Morgan fingerprint density at radius 1 is 1.19 bits per heavy atom. The number of hydrogen-bond acceptors (Lipinski definition) is 7. The van der Waals surface area contributed by atoms with Crippen molar-refractivity contribution < 1.29 is 0 Å². The van der Waals surface area contributed by atoms with Gasteiger partial charge in [0, 0.05) is 18.0 Å². The summed E-state index contributed by atoms with van der Waals surface area (Å²) in [6.07, 6.45) is 6.65. The average molecular weight is 359 g/mol. The number of H-pyrrole nitrogens is 1. The summed E-state index contributed by atoms with van der Waals surface area (Å²) in [7, 11) is 0. The summed E-state index contributed by atoms with van der Waals surface area (Å²) in [4.78, 5) is 21.5. The van der Waals surface area contributed by atoms with E-state index < -0.39 is 0 Å². The van der Waals surface area contributed by atoms with E-state index in [4.69, 9.17) is 4.98 Å². The Hall–Kier alpha value is -3.57. The normalized spacial score (nSPS) is 10.5. The third-order valence-electron chi connectivity index (χ3n) is 3.64. The minimum atomic E-state index is 0.589. The second-order valence-corrected chi connectivity index (χ2v) is 6.49. The van der Waals surface area contributed by atoms with Gasteiger partial charge in [-0.2, -0.15) is 5.26 Å². The van der Waals surface area contributed by atoms with Crippen LogP contribution in [-0.4, -0.2) is 24.9 Å². The number of benzene rings is 1. The quantitative estimate of drug-likeness (QED) is 0.572. The monoisotopic (exact) mass is 359 g/mol. The zero-order valence-electron chi connectivity index (χ0n) is 13.8. The molecule has 0 saturated heterocycles. The molecule has 3 aromatic heterocycles. The van der Waals surface area contributed by atoms with Crippen molar-refractivity contribution in [3.05, 3.63) is 60.4 Å². The van der Waals surface area contributed by atoms with Crippen LogP contribution in [0.3, 0.4) is 0 Å². The lowest BCUT2D eigenvalue weighted by Gasteiger charge is -2.01. The summed E-state index contributed by atoms with van der Waals surface area (Å²) >= 11 is 1.48. The number of nitrogens with one attached hydrogen (secondary N) is 2. The third kappa shape index (κ3) is 3.16. The largest absolute Gasteiger partial charge is 0.342 e. The number of aryl methyl sites for hydroxylation is 1. The Balaban J connectivity index is 1.81. The second-order valence-electron chi connectivity index (χ2n) is 5.49. The molecule has 2 N–H and O–H groups in total. The molecule has 0 aliphatic heterocycles. The van der Waals surface area contributed by atoms with Crippen LogP contribution in [0, 0.1) is 18.3 Å². The van der Waals surface area contributed by atoms with E-state index in [1.54, 1.807) is 30.9 Å². The molecule has 0 bridgehead atoms. The summed E-state index contributed by atoms with van der Waals surface area (Å²) in [5.74, 6) is 1.44. The fourth-order valence-electron chi connectivity index (χ4n) is 2.50. The molecule has 0 aliphatic carbocycles. The van der Waals surface area contributed by atoms with Crippen molar-refractivity contribution in [2.24, 2.45) is 0 Å². The number of rotatable bonds is 4. The van der Waals surface area contributed by atoms with Crippen molar-refractivity contribution >= 4 is 22.3 Å². The number of thiazole rings is 1. The highest BCUT2D eigenvalue weighted by molar-refractivity contribution is 7.19. The second kappa shape index (κ2) is 6.74. The molecule has 0 radical (unpaired) electrons. The first-order valence-electron chi connectivity index (χ1n) is 7.79. The van der Waals surface area contributed by atoms with Gasteiger partial charge in [0.25, 0.3) is 0 Å². The molecular formula is C18H13N7S. The number of nitriles is 1. The van der Waals surface area contributed by atoms with Gasteiger partial charge in [-0.1, -0.05) is 23.5 Å². The summed E-state index contributed by atoms with van der Waals surface area (Å²) in [6, 6.07) is 9.56. The van der Waals surface area contributed by atoms with Gasteiger partial charge in [0.15, 0.2) is 10.9 Å². The maximum atomic E-state index is 9.19. The zero-order chi connectivity index (χ0) is 17.9. The van der Waals surface area contributed by atoms with E-state index >= 15 is 0 Å². The minimum Gasteiger partial charge on any atom is -0.342 e. The Morgan fingerprint density at radius 3 is 2.85 bits per heavy atom. The average Bonchev–Trinajstić information content (AvgIpc) is 3.29. The third-order valence-corrected chi connectivity index (χ3v) is 4.64. The topological polar surface area (TPSA) is 103 Å². The van der Waals surface area contributed by atoms with Crippen molar-refractivity contribution in [3.8, 4) is 27.9 Å². The Labute approximate surface area is 153 Å². The first kappa shape index (κ1) is 15.9. The highest BCUT2D eigenvalue weighted by Gasteiger charge is 2.17. The number of aromatic nitrogens is 5. The SMILES string of the molecule is Cc1ncc(-c2sc(Nc3cnccn3)nc2-c2cccc(C#N)c2)[nH]1. The number of imidazole rings is 1. The molecule has 0 unspecified atom stereocenters. The predicted molar refractivity (Wildman–Crippen MR) is 99.9 cm³/mol. The molecule has 8 heteroatoms. The highest BCUT2D eigenvalue weighted by atomic mass is 32.1. The summed E-state index contributed by atoms with van der Waals surface area (Å²) < 4.78 is 0. The van der Waals surface area contributed by atoms with Gasteiger partial charge < -0.3 is 10.3 Å². The fraction of sp³-hybridized carbons (Fsp3) is 0.0556. The molecule has 7 nitrogen and oxygen atoms in total. The van der Waals surface area contributed by atoms with Crippen LogP contribution in [0.2, 0.25) is 0 Å². The lowest BCUT2D eigenvalue weighted by Crippen LogP contribution is -1.93. The summed E-state index contributed by atoms with van der Waals surface area (Å²) in [5, 5.41) is 13.0. The Kier molecular flexibility index (Phi) is 4.13. The molecule has 0 saturated carbocycles. The van der Waals surface area contributed by atoms with Crippen LogP contribution in [0.1, 0.15) is 11.4 Å². The molecule has 3 heterocycles. The lowest BCUT2D eigenvalue weighted by molar-refractivity contribution is 1.15. The van der Waals surface area contributed by atoms with Crippen LogP contribution in [0.15, 0.2) is 49.1 Å². The van der Waals surface area contributed by atoms with Crippen LogP contribution in [0.4, 0.5) is 10.9 Å². The summed E-state index contributed by atoms with van der Waals surface area (Å²) in [6.45, 7) is 1.90. The van der Waals surface area contributed by atoms with Gasteiger partial charge in [-0.05, 0) is 19.1 Å². The highest BCUT2D eigenvalue weighted by Crippen LogP contribution is 2.39. The van der Waals surface area contributed by atoms with E-state index in [0.717, 1.165) is 27.7 Å². The van der Waals surface area contributed by atoms with E-state index in [-0.39, 0.29) is 0 Å². The molecule has 126 valence electrons. The van der Waals surface area contributed by atoms with Crippen molar-refractivity contribution in [3.63, 3.8) is 0 Å². The van der Waals surface area contributed by atoms with Gasteiger partial charge >= 0.3 is 0 Å². The Bertz CT molecular complexity index is 1090. The lowest BCUT2D eigenvalue weighted by atomic mass is 10.1. The van der Waals surface area contributed by atoms with E-state index in [9.17, 15) is 5.26 Å². The van der Waals surface area contributed by atoms with E-state index in [1.165, 1.54) is 11.3 Å². The molecule has 0 aliphatic rings. The van der Waals surface area contributed by atoms with Crippen LogP contribution in [0.25, 0.3) is 21.8 Å². The molecule has 4 rings (SSSR count). The maximum absolute atomic E-state index is 9.19. The van der Waals surface area contributed by atoms with Gasteiger partial charge in [-0.25, -0.2) is 15.0 Å². The molecule has 1 aromatic carbocycles. The first-order valence-corrected chi connectivity index (χ1v) is 8.61. The number of aromatic amines is 1. The summed E-state index contributed by atoms with van der Waals surface area (Å²) in [5.41, 5.74) is 3.12. The van der Waals surface area contributed by atoms with Crippen molar-refractivity contribution in [1.82, 2.24) is 24.9 Å². The molecule has 4 aromatic rings. The number of nitrogens with zero attached hydrogens (tertiary/aromatic N) is 5. The van der Waals surface area contributed by atoms with E-state index in [2.05, 4.69) is 31.3 Å². The van der Waals surface area contributed by atoms with Gasteiger partial charge in [0.05, 0.1) is 40.3 Å². The molecule has 0 amide bonds. The van der Waals surface area contributed by atoms with Gasteiger partial charge in [0.2, 0.25) is 0 Å². The molecule has 26 heavy (non-hydrogen) atoms. The van der Waals surface area contributed by atoms with Gasteiger partial charge in [0.1, 0.15) is 5.82 Å². The van der Waals surface area contributed by atoms with Crippen LogP contribution < -0.4 is 5.32 Å². The number of hydrogen-bond donors (Lipinski definition) is 2. The predicted octanol–water partition coefficient (Wildman–Crippen LogP) is 3.91. The molecule has 0 fully saturated rings. The van der Waals surface area contributed by atoms with Gasteiger partial charge in [-0.3, -0.25) is 4.98 Å². The molecular weight excluding hydrogens is 346 g/mol. The smallest absolute Gasteiger partial charge is 0.189 e. The Morgan fingerprint density at radius 2 is 2.12 bits per heavy atom. The van der Waals surface area contributed by atoms with Crippen LogP contribution >= 0.6 is 11.3 Å². The molecule has 0 spiro atoms. The maximum Gasteiger partial charge on any atom is 0.189 e. The number of anilines is 2.